The zero-order valence-electron chi connectivity index (χ0n) is 13.5. The number of hydrogen-bond acceptors (Lipinski definition) is 5. The number of ether oxygens (including phenoxy) is 2. The van der Waals surface area contributed by atoms with Gasteiger partial charge >= 0.3 is 5.97 Å². The average Bonchev–Trinajstić information content (AvgIpc) is 2.53. The molecule has 1 aliphatic rings. The summed E-state index contributed by atoms with van der Waals surface area (Å²) in [4.78, 5) is 26.3. The van der Waals surface area contributed by atoms with E-state index in [1.807, 2.05) is 0 Å². The zero-order valence-corrected chi connectivity index (χ0v) is 14.2. The molecule has 1 heterocycles. The summed E-state index contributed by atoms with van der Waals surface area (Å²) >= 11 is 5.80. The highest BCUT2D eigenvalue weighted by Crippen LogP contribution is 2.16. The minimum Gasteiger partial charge on any atom is -0.484 e. The molecule has 1 unspecified atom stereocenters. The van der Waals surface area contributed by atoms with Crippen LogP contribution in [-0.4, -0.2) is 79.3 Å². The second kappa shape index (κ2) is 8.86. The van der Waals surface area contributed by atoms with Gasteiger partial charge in [0.25, 0.3) is 5.91 Å². The zero-order chi connectivity index (χ0) is 17.5. The number of carbonyl (C=O) groups is 2. The van der Waals surface area contributed by atoms with Crippen molar-refractivity contribution in [2.75, 3.05) is 46.4 Å². The van der Waals surface area contributed by atoms with E-state index in [1.54, 1.807) is 41.1 Å². The first-order valence-corrected chi connectivity index (χ1v) is 8.00. The van der Waals surface area contributed by atoms with Gasteiger partial charge in [-0.05, 0) is 31.3 Å². The van der Waals surface area contributed by atoms with Crippen LogP contribution in [0.5, 0.6) is 5.75 Å². The summed E-state index contributed by atoms with van der Waals surface area (Å²) in [5.41, 5.74) is 0. The predicted octanol–water partition coefficient (Wildman–Crippen LogP) is 0.963. The van der Waals surface area contributed by atoms with Gasteiger partial charge in [-0.15, -0.1) is 0 Å². The third kappa shape index (κ3) is 5.99. The molecule has 1 atom stereocenters. The van der Waals surface area contributed by atoms with Crippen LogP contribution in [0.2, 0.25) is 5.02 Å². The SMILES string of the molecule is CN(CC(=O)O)CC1CN(C(=O)COc2ccc(Cl)cc2)CCO1. The van der Waals surface area contributed by atoms with E-state index in [4.69, 9.17) is 26.2 Å². The van der Waals surface area contributed by atoms with Crippen LogP contribution in [0.3, 0.4) is 0 Å². The van der Waals surface area contributed by atoms with E-state index in [9.17, 15) is 9.59 Å². The maximum atomic E-state index is 12.3. The number of aliphatic carboxylic acids is 1. The third-order valence-electron chi connectivity index (χ3n) is 3.59. The largest absolute Gasteiger partial charge is 0.484 e. The van der Waals surface area contributed by atoms with Gasteiger partial charge in [-0.1, -0.05) is 11.6 Å². The molecular weight excluding hydrogens is 336 g/mol. The van der Waals surface area contributed by atoms with Crippen molar-refractivity contribution in [1.29, 1.82) is 0 Å². The fourth-order valence-electron chi connectivity index (χ4n) is 2.47. The Morgan fingerprint density at radius 1 is 1.42 bits per heavy atom. The number of carbonyl (C=O) groups excluding carboxylic acids is 1. The molecule has 1 saturated heterocycles. The number of morpholine rings is 1. The van der Waals surface area contributed by atoms with Crippen molar-refractivity contribution in [3.8, 4) is 5.75 Å². The van der Waals surface area contributed by atoms with E-state index in [0.717, 1.165) is 0 Å². The summed E-state index contributed by atoms with van der Waals surface area (Å²) in [6, 6.07) is 6.81. The second-order valence-corrected chi connectivity index (χ2v) is 6.10. The first-order chi connectivity index (χ1) is 11.4. The minimum absolute atomic E-state index is 0.0562. The van der Waals surface area contributed by atoms with Crippen LogP contribution in [0.4, 0.5) is 0 Å². The van der Waals surface area contributed by atoms with E-state index in [-0.39, 0.29) is 25.2 Å². The predicted molar refractivity (Wildman–Crippen MR) is 88.4 cm³/mol. The third-order valence-corrected chi connectivity index (χ3v) is 3.84. The molecule has 1 aliphatic heterocycles. The molecule has 0 aliphatic carbocycles. The van der Waals surface area contributed by atoms with Crippen LogP contribution >= 0.6 is 11.6 Å². The summed E-state index contributed by atoms with van der Waals surface area (Å²) in [5.74, 6) is -0.435. The molecule has 1 aromatic carbocycles. The van der Waals surface area contributed by atoms with Crippen LogP contribution in [-0.2, 0) is 14.3 Å². The smallest absolute Gasteiger partial charge is 0.317 e. The van der Waals surface area contributed by atoms with Gasteiger partial charge in [-0.25, -0.2) is 0 Å². The molecule has 1 amide bonds. The number of carboxylic acids is 1. The van der Waals surface area contributed by atoms with E-state index in [1.165, 1.54) is 0 Å². The molecular formula is C16H21ClN2O5. The van der Waals surface area contributed by atoms with Gasteiger partial charge in [-0.2, -0.15) is 0 Å². The molecule has 1 fully saturated rings. The van der Waals surface area contributed by atoms with Gasteiger partial charge in [0.2, 0.25) is 0 Å². The fraction of sp³-hybridized carbons (Fsp3) is 0.500. The molecule has 132 valence electrons. The van der Waals surface area contributed by atoms with Crippen molar-refractivity contribution in [1.82, 2.24) is 9.80 Å². The molecule has 1 aromatic rings. The highest BCUT2D eigenvalue weighted by Gasteiger charge is 2.25. The van der Waals surface area contributed by atoms with Gasteiger partial charge in [0, 0.05) is 24.7 Å². The van der Waals surface area contributed by atoms with E-state index < -0.39 is 5.97 Å². The Hall–Kier alpha value is -1.83. The number of hydrogen-bond donors (Lipinski definition) is 1. The molecule has 0 bridgehead atoms. The topological polar surface area (TPSA) is 79.3 Å². The second-order valence-electron chi connectivity index (χ2n) is 5.67. The number of amides is 1. The molecule has 0 spiro atoms. The van der Waals surface area contributed by atoms with Crippen molar-refractivity contribution < 1.29 is 24.2 Å². The molecule has 8 heteroatoms. The van der Waals surface area contributed by atoms with Gasteiger partial charge < -0.3 is 19.5 Å². The monoisotopic (exact) mass is 356 g/mol. The summed E-state index contributed by atoms with van der Waals surface area (Å²) in [5, 5.41) is 9.38. The lowest BCUT2D eigenvalue weighted by molar-refractivity contribution is -0.143. The highest BCUT2D eigenvalue weighted by molar-refractivity contribution is 6.30. The van der Waals surface area contributed by atoms with Crippen LogP contribution in [0.1, 0.15) is 0 Å². The Morgan fingerprint density at radius 2 is 2.12 bits per heavy atom. The molecule has 0 radical (unpaired) electrons. The van der Waals surface area contributed by atoms with Gasteiger partial charge in [-0.3, -0.25) is 14.5 Å². The standard InChI is InChI=1S/C16H21ClN2O5/c1-18(10-16(21)22)8-14-9-19(6-7-23-14)15(20)11-24-13-4-2-12(17)3-5-13/h2-5,14H,6-11H2,1H3,(H,21,22). The van der Waals surface area contributed by atoms with Gasteiger partial charge in [0.05, 0.1) is 19.3 Å². The highest BCUT2D eigenvalue weighted by atomic mass is 35.5. The summed E-state index contributed by atoms with van der Waals surface area (Å²) in [6.07, 6.45) is -0.206. The summed E-state index contributed by atoms with van der Waals surface area (Å²) < 4.78 is 11.1. The Balaban J connectivity index is 1.79. The normalized spacial score (nSPS) is 17.8. The average molecular weight is 357 g/mol. The Morgan fingerprint density at radius 3 is 2.79 bits per heavy atom. The molecule has 7 nitrogen and oxygen atoms in total. The molecule has 0 aromatic heterocycles. The van der Waals surface area contributed by atoms with E-state index in [0.29, 0.717) is 37.0 Å². The van der Waals surface area contributed by atoms with Crippen molar-refractivity contribution >= 4 is 23.5 Å². The first-order valence-electron chi connectivity index (χ1n) is 7.62. The van der Waals surface area contributed by atoms with Crippen molar-refractivity contribution in [3.63, 3.8) is 0 Å². The summed E-state index contributed by atoms with van der Waals surface area (Å²) in [7, 11) is 1.71. The van der Waals surface area contributed by atoms with Crippen molar-refractivity contribution in [3.05, 3.63) is 29.3 Å². The van der Waals surface area contributed by atoms with Crippen LogP contribution in [0.15, 0.2) is 24.3 Å². The Labute approximate surface area is 145 Å². The Bertz CT molecular complexity index is 566. The number of benzene rings is 1. The maximum absolute atomic E-state index is 12.3. The quantitative estimate of drug-likeness (QED) is 0.784. The van der Waals surface area contributed by atoms with Crippen LogP contribution in [0.25, 0.3) is 0 Å². The van der Waals surface area contributed by atoms with Crippen molar-refractivity contribution in [2.24, 2.45) is 0 Å². The lowest BCUT2D eigenvalue weighted by Gasteiger charge is -2.34. The molecule has 2 rings (SSSR count). The molecule has 1 N–H and O–H groups in total. The maximum Gasteiger partial charge on any atom is 0.317 e. The number of likely N-dealkylation sites (N-methyl/N-ethyl adjacent to an activating group) is 1. The number of rotatable bonds is 7. The molecule has 24 heavy (non-hydrogen) atoms. The Kier molecular flexibility index (Phi) is 6.84. The lowest BCUT2D eigenvalue weighted by Crippen LogP contribution is -2.50. The molecule has 0 saturated carbocycles. The van der Waals surface area contributed by atoms with Gasteiger partial charge in [0.1, 0.15) is 5.75 Å². The van der Waals surface area contributed by atoms with Crippen LogP contribution < -0.4 is 4.74 Å². The number of carboxylic acid groups (broad SMARTS) is 1. The van der Waals surface area contributed by atoms with Crippen LogP contribution in [0, 0.1) is 0 Å². The number of nitrogens with zero attached hydrogens (tertiary/aromatic N) is 2. The number of halogens is 1. The summed E-state index contributed by atoms with van der Waals surface area (Å²) in [6.45, 7) is 1.69. The van der Waals surface area contributed by atoms with E-state index >= 15 is 0 Å². The van der Waals surface area contributed by atoms with Crippen molar-refractivity contribution in [2.45, 2.75) is 6.10 Å². The fourth-order valence-corrected chi connectivity index (χ4v) is 2.59. The first kappa shape index (κ1) is 18.5. The lowest BCUT2D eigenvalue weighted by atomic mass is 10.2. The minimum atomic E-state index is -0.891. The van der Waals surface area contributed by atoms with E-state index in [2.05, 4.69) is 0 Å². The van der Waals surface area contributed by atoms with Gasteiger partial charge in [0.15, 0.2) is 6.61 Å².